The molecule has 7 heteroatoms. The van der Waals surface area contributed by atoms with Crippen LogP contribution in [0.3, 0.4) is 0 Å². The summed E-state index contributed by atoms with van der Waals surface area (Å²) in [7, 11) is 0. The second-order valence-corrected chi connectivity index (χ2v) is 8.44. The van der Waals surface area contributed by atoms with Gasteiger partial charge >= 0.3 is 0 Å². The molecule has 0 bridgehead atoms. The van der Waals surface area contributed by atoms with E-state index in [0.29, 0.717) is 29.8 Å². The van der Waals surface area contributed by atoms with Crippen molar-refractivity contribution in [3.8, 4) is 0 Å². The van der Waals surface area contributed by atoms with E-state index in [1.165, 1.54) is 11.0 Å². The number of carbonyl (C=O) groups is 2. The molecule has 4 rings (SSSR count). The second kappa shape index (κ2) is 10.0. The van der Waals surface area contributed by atoms with Crippen molar-refractivity contribution in [1.29, 1.82) is 0 Å². The van der Waals surface area contributed by atoms with Gasteiger partial charge < -0.3 is 24.3 Å². The minimum Gasteiger partial charge on any atom is -0.461 e. The third-order valence-electron chi connectivity index (χ3n) is 6.07. The number of anilines is 2. The third-order valence-corrected chi connectivity index (χ3v) is 6.07. The first-order valence-electron chi connectivity index (χ1n) is 11.3. The lowest BCUT2D eigenvalue weighted by molar-refractivity contribution is -0.130. The maximum absolute atomic E-state index is 12.6. The Morgan fingerprint density at radius 3 is 2.53 bits per heavy atom. The average molecular weight is 438 g/mol. The van der Waals surface area contributed by atoms with Crippen LogP contribution in [0, 0.1) is 5.92 Å². The molecule has 170 valence electrons. The first-order valence-corrected chi connectivity index (χ1v) is 11.3. The van der Waals surface area contributed by atoms with Crippen LogP contribution in [0.2, 0.25) is 0 Å². The van der Waals surface area contributed by atoms with E-state index >= 15 is 0 Å². The quantitative estimate of drug-likeness (QED) is 0.637. The largest absolute Gasteiger partial charge is 0.461 e. The molecule has 1 aromatic heterocycles. The van der Waals surface area contributed by atoms with Crippen LogP contribution in [0.1, 0.15) is 37.7 Å². The monoisotopic (exact) mass is 437 g/mol. The molecular formula is C25H31N3O4. The van der Waals surface area contributed by atoms with E-state index < -0.39 is 0 Å². The fourth-order valence-electron chi connectivity index (χ4n) is 3.93. The normalized spacial score (nSPS) is 20.4. The molecule has 2 unspecified atom stereocenters. The first kappa shape index (κ1) is 22.1. The number of nitrogens with zero attached hydrogens (tertiary/aromatic N) is 2. The highest BCUT2D eigenvalue weighted by atomic mass is 16.5. The number of hydrogen-bond acceptors (Lipinski definition) is 5. The summed E-state index contributed by atoms with van der Waals surface area (Å²) in [5.74, 6) is 2.37. The van der Waals surface area contributed by atoms with Crippen LogP contribution in [-0.4, -0.2) is 56.1 Å². The molecule has 1 saturated carbocycles. The minimum absolute atomic E-state index is 0.00607. The van der Waals surface area contributed by atoms with Gasteiger partial charge in [0, 0.05) is 43.0 Å². The third kappa shape index (κ3) is 5.59. The van der Waals surface area contributed by atoms with Crippen LogP contribution >= 0.6 is 0 Å². The van der Waals surface area contributed by atoms with E-state index in [1.807, 2.05) is 43.3 Å². The van der Waals surface area contributed by atoms with Crippen molar-refractivity contribution >= 4 is 29.3 Å². The van der Waals surface area contributed by atoms with Gasteiger partial charge in [-0.05, 0) is 61.7 Å². The number of carbonyl (C=O) groups excluding carboxylic acids is 2. The van der Waals surface area contributed by atoms with Gasteiger partial charge in [0.15, 0.2) is 0 Å². The lowest BCUT2D eigenvalue weighted by Crippen LogP contribution is -2.37. The molecule has 1 N–H and O–H groups in total. The van der Waals surface area contributed by atoms with Crippen LogP contribution < -0.4 is 10.2 Å². The number of morpholine rings is 1. The van der Waals surface area contributed by atoms with Gasteiger partial charge in [0.25, 0.3) is 0 Å². The van der Waals surface area contributed by atoms with Crippen molar-refractivity contribution in [3.63, 3.8) is 0 Å². The molecule has 1 aromatic carbocycles. The van der Waals surface area contributed by atoms with Gasteiger partial charge in [-0.1, -0.05) is 6.92 Å². The Labute approximate surface area is 189 Å². The molecule has 2 atom stereocenters. The Hall–Kier alpha value is -3.06. The number of amides is 2. The van der Waals surface area contributed by atoms with E-state index in [2.05, 4.69) is 17.1 Å². The summed E-state index contributed by atoms with van der Waals surface area (Å²) in [5, 5.41) is 2.87. The fraction of sp³-hybridized carbons (Fsp3) is 0.440. The molecule has 2 amide bonds. The average Bonchev–Trinajstić information content (AvgIpc) is 3.36. The summed E-state index contributed by atoms with van der Waals surface area (Å²) in [6.07, 6.45) is 4.29. The highest BCUT2D eigenvalue weighted by Crippen LogP contribution is 2.47. The maximum atomic E-state index is 12.6. The Morgan fingerprint density at radius 1 is 1.16 bits per heavy atom. The minimum atomic E-state index is -0.226. The van der Waals surface area contributed by atoms with E-state index in [-0.39, 0.29) is 18.4 Å². The number of likely N-dealkylation sites (N-methyl/N-ethyl adjacent to an activating group) is 1. The molecule has 1 aliphatic heterocycles. The highest BCUT2D eigenvalue weighted by Gasteiger charge is 2.36. The lowest BCUT2D eigenvalue weighted by atomic mass is 10.2. The van der Waals surface area contributed by atoms with Crippen LogP contribution in [0.5, 0.6) is 0 Å². The smallest absolute Gasteiger partial charge is 0.247 e. The molecule has 32 heavy (non-hydrogen) atoms. The number of hydrogen-bond donors (Lipinski definition) is 1. The topological polar surface area (TPSA) is 75.0 Å². The number of rotatable bonds is 8. The zero-order valence-electron chi connectivity index (χ0n) is 18.8. The predicted octanol–water partition coefficient (Wildman–Crippen LogP) is 3.74. The zero-order chi connectivity index (χ0) is 22.5. The number of benzene rings is 1. The van der Waals surface area contributed by atoms with Crippen LogP contribution in [0.15, 0.2) is 46.9 Å². The Balaban J connectivity index is 1.28. The van der Waals surface area contributed by atoms with Gasteiger partial charge in [0.2, 0.25) is 11.8 Å². The van der Waals surface area contributed by atoms with Crippen LogP contribution in [0.4, 0.5) is 11.4 Å². The fourth-order valence-corrected chi connectivity index (χ4v) is 3.93. The molecule has 2 heterocycles. The predicted molar refractivity (Wildman–Crippen MR) is 125 cm³/mol. The SMILES string of the molecule is CCN(CC(=O)Nc1ccc(N2CCOCC2)cc1)C(=O)/C=C/c1ccc(C2CC2C)o1. The van der Waals surface area contributed by atoms with Crippen molar-refractivity contribution in [2.75, 3.05) is 49.6 Å². The molecule has 1 aliphatic carbocycles. The Kier molecular flexibility index (Phi) is 6.95. The van der Waals surface area contributed by atoms with Crippen molar-refractivity contribution in [3.05, 3.63) is 54.0 Å². The van der Waals surface area contributed by atoms with Gasteiger partial charge in [0.05, 0.1) is 13.2 Å². The summed E-state index contributed by atoms with van der Waals surface area (Å²) in [6.45, 7) is 7.69. The van der Waals surface area contributed by atoms with E-state index in [4.69, 9.17) is 9.15 Å². The Morgan fingerprint density at radius 2 is 1.88 bits per heavy atom. The van der Waals surface area contributed by atoms with E-state index in [1.54, 1.807) is 6.08 Å². The summed E-state index contributed by atoms with van der Waals surface area (Å²) in [4.78, 5) is 28.8. The lowest BCUT2D eigenvalue weighted by Gasteiger charge is -2.29. The highest BCUT2D eigenvalue weighted by molar-refractivity contribution is 5.98. The molecule has 2 aromatic rings. The van der Waals surface area contributed by atoms with Crippen molar-refractivity contribution in [2.45, 2.75) is 26.2 Å². The molecular weight excluding hydrogens is 406 g/mol. The molecule has 2 fully saturated rings. The van der Waals surface area contributed by atoms with Gasteiger partial charge in [-0.25, -0.2) is 0 Å². The van der Waals surface area contributed by atoms with Gasteiger partial charge in [0.1, 0.15) is 18.1 Å². The summed E-state index contributed by atoms with van der Waals surface area (Å²) < 4.78 is 11.2. The molecule has 0 radical (unpaired) electrons. The molecule has 7 nitrogen and oxygen atoms in total. The standard InChI is InChI=1S/C25H31N3O4/c1-3-27(25(30)11-9-21-8-10-23(32-21)22-16-18(22)2)17-24(29)26-19-4-6-20(7-5-19)28-12-14-31-15-13-28/h4-11,18,22H,3,12-17H2,1-2H3,(H,26,29)/b11-9+. The molecule has 2 aliphatic rings. The van der Waals surface area contributed by atoms with Crippen molar-refractivity contribution < 1.29 is 18.7 Å². The van der Waals surface area contributed by atoms with Crippen molar-refractivity contribution in [2.24, 2.45) is 5.92 Å². The summed E-state index contributed by atoms with van der Waals surface area (Å²) in [6, 6.07) is 11.6. The maximum Gasteiger partial charge on any atom is 0.247 e. The van der Waals surface area contributed by atoms with Crippen LogP contribution in [0.25, 0.3) is 6.08 Å². The number of furan rings is 1. The summed E-state index contributed by atoms with van der Waals surface area (Å²) >= 11 is 0. The van der Waals surface area contributed by atoms with Gasteiger partial charge in [-0.3, -0.25) is 9.59 Å². The molecule has 1 saturated heterocycles. The molecule has 0 spiro atoms. The van der Waals surface area contributed by atoms with Gasteiger partial charge in [-0.2, -0.15) is 0 Å². The van der Waals surface area contributed by atoms with E-state index in [9.17, 15) is 9.59 Å². The number of nitrogens with one attached hydrogen (secondary N) is 1. The van der Waals surface area contributed by atoms with Crippen molar-refractivity contribution in [1.82, 2.24) is 4.90 Å². The van der Waals surface area contributed by atoms with Gasteiger partial charge in [-0.15, -0.1) is 0 Å². The summed E-state index contributed by atoms with van der Waals surface area (Å²) in [5.41, 5.74) is 1.82. The number of ether oxygens (including phenoxy) is 1. The Bertz CT molecular complexity index is 960. The zero-order valence-corrected chi connectivity index (χ0v) is 18.8. The van der Waals surface area contributed by atoms with Crippen LogP contribution in [-0.2, 0) is 14.3 Å². The van der Waals surface area contributed by atoms with E-state index in [0.717, 1.165) is 44.2 Å². The first-order chi connectivity index (χ1) is 15.5. The second-order valence-electron chi connectivity index (χ2n) is 8.44.